The molecule has 1 amide bonds. The largest absolute Gasteiger partial charge is 0.480 e. The molecule has 0 fully saturated rings. The van der Waals surface area contributed by atoms with Crippen LogP contribution in [0, 0.1) is 11.3 Å². The van der Waals surface area contributed by atoms with E-state index in [1.165, 1.54) is 0 Å². The first-order chi connectivity index (χ1) is 15.1. The molecule has 3 rings (SSSR count). The monoisotopic (exact) mass is 412 g/mol. The Bertz CT molecular complexity index is 948. The second-order valence-electron chi connectivity index (χ2n) is 7.26. The van der Waals surface area contributed by atoms with Crippen molar-refractivity contribution in [3.8, 4) is 6.07 Å². The second kappa shape index (κ2) is 10.2. The van der Waals surface area contributed by atoms with Crippen molar-refractivity contribution in [2.45, 2.75) is 30.7 Å². The lowest BCUT2D eigenvalue weighted by atomic mass is 9.68. The third-order valence-corrected chi connectivity index (χ3v) is 5.35. The first-order valence-electron chi connectivity index (χ1n) is 10.2. The van der Waals surface area contributed by atoms with Crippen LogP contribution in [0.15, 0.2) is 91.0 Å². The molecular formula is C26H24N2O3. The summed E-state index contributed by atoms with van der Waals surface area (Å²) < 4.78 is 0. The van der Waals surface area contributed by atoms with Crippen molar-refractivity contribution < 1.29 is 14.7 Å². The molecule has 5 nitrogen and oxygen atoms in total. The van der Waals surface area contributed by atoms with Crippen LogP contribution >= 0.6 is 0 Å². The van der Waals surface area contributed by atoms with Crippen LogP contribution in [0.1, 0.15) is 36.0 Å². The van der Waals surface area contributed by atoms with Gasteiger partial charge in [0.15, 0.2) is 0 Å². The molecule has 3 aromatic carbocycles. The zero-order valence-corrected chi connectivity index (χ0v) is 17.1. The third-order valence-electron chi connectivity index (χ3n) is 5.35. The molecule has 3 aromatic rings. The van der Waals surface area contributed by atoms with E-state index in [4.69, 9.17) is 5.26 Å². The van der Waals surface area contributed by atoms with E-state index in [1.807, 2.05) is 97.1 Å². The Labute approximate surface area is 182 Å². The van der Waals surface area contributed by atoms with Crippen LogP contribution in [0.3, 0.4) is 0 Å². The first kappa shape index (κ1) is 21.8. The van der Waals surface area contributed by atoms with Gasteiger partial charge in [0.1, 0.15) is 11.5 Å². The molecule has 0 saturated carbocycles. The van der Waals surface area contributed by atoms with Gasteiger partial charge >= 0.3 is 5.97 Å². The summed E-state index contributed by atoms with van der Waals surface area (Å²) >= 11 is 0. The molecule has 0 radical (unpaired) electrons. The maximum atomic E-state index is 14.0. The highest BCUT2D eigenvalue weighted by atomic mass is 16.4. The molecule has 31 heavy (non-hydrogen) atoms. The number of carbonyl (C=O) groups is 2. The molecule has 0 saturated heterocycles. The summed E-state index contributed by atoms with van der Waals surface area (Å²) in [7, 11) is 0. The topological polar surface area (TPSA) is 90.2 Å². The highest BCUT2D eigenvalue weighted by molar-refractivity contribution is 5.98. The van der Waals surface area contributed by atoms with Gasteiger partial charge in [-0.3, -0.25) is 4.79 Å². The molecule has 0 spiro atoms. The summed E-state index contributed by atoms with van der Waals surface area (Å²) in [6.07, 6.45) is 0.812. The lowest BCUT2D eigenvalue weighted by Crippen LogP contribution is -2.51. The Balaban J connectivity index is 2.17. The Morgan fingerprint density at radius 1 is 0.839 bits per heavy atom. The van der Waals surface area contributed by atoms with E-state index in [0.29, 0.717) is 6.42 Å². The predicted octanol–water partition coefficient (Wildman–Crippen LogP) is 4.28. The van der Waals surface area contributed by atoms with Gasteiger partial charge < -0.3 is 10.4 Å². The number of benzene rings is 3. The summed E-state index contributed by atoms with van der Waals surface area (Å²) in [6, 6.07) is 29.0. The molecule has 0 aliphatic heterocycles. The lowest BCUT2D eigenvalue weighted by molar-refractivity contribution is -0.142. The quantitative estimate of drug-likeness (QED) is 0.405. The average molecular weight is 412 g/mol. The molecule has 156 valence electrons. The van der Waals surface area contributed by atoms with Crippen molar-refractivity contribution in [2.24, 2.45) is 0 Å². The van der Waals surface area contributed by atoms with Gasteiger partial charge in [-0.25, -0.2) is 4.79 Å². The highest BCUT2D eigenvalue weighted by Crippen LogP contribution is 2.39. The number of carbonyl (C=O) groups excluding carboxylic acids is 1. The standard InChI is InChI=1S/C26H24N2O3/c27-19-11-10-18-23(24(29)30)28-25(31)26(20-12-4-1-5-13-20,21-14-6-2-7-15-21)22-16-8-3-9-17-22/h1-9,12-17,23H,10-11,18H2,(H,28,31)(H,29,30)/t23-/m0/s1. The van der Waals surface area contributed by atoms with Gasteiger partial charge in [-0.2, -0.15) is 5.26 Å². The van der Waals surface area contributed by atoms with Crippen LogP contribution in [0.25, 0.3) is 0 Å². The Kier molecular flexibility index (Phi) is 7.18. The smallest absolute Gasteiger partial charge is 0.326 e. The number of rotatable bonds is 9. The van der Waals surface area contributed by atoms with E-state index in [1.54, 1.807) is 0 Å². The van der Waals surface area contributed by atoms with Gasteiger partial charge in [0.2, 0.25) is 5.91 Å². The second-order valence-corrected chi connectivity index (χ2v) is 7.26. The molecule has 0 unspecified atom stereocenters. The zero-order valence-electron chi connectivity index (χ0n) is 17.1. The van der Waals surface area contributed by atoms with Crippen molar-refractivity contribution >= 4 is 11.9 Å². The van der Waals surface area contributed by atoms with Crippen LogP contribution in [0.4, 0.5) is 0 Å². The highest BCUT2D eigenvalue weighted by Gasteiger charge is 2.44. The van der Waals surface area contributed by atoms with Gasteiger partial charge in [-0.15, -0.1) is 0 Å². The van der Waals surface area contributed by atoms with Gasteiger partial charge in [0.05, 0.1) is 6.07 Å². The molecule has 5 heteroatoms. The maximum Gasteiger partial charge on any atom is 0.326 e. The van der Waals surface area contributed by atoms with E-state index >= 15 is 0 Å². The third kappa shape index (κ3) is 4.65. The van der Waals surface area contributed by atoms with E-state index in [0.717, 1.165) is 16.7 Å². The summed E-state index contributed by atoms with van der Waals surface area (Å²) in [5.74, 6) is -1.53. The molecule has 2 N–H and O–H groups in total. The normalized spacial score (nSPS) is 11.8. The maximum absolute atomic E-state index is 14.0. The summed E-state index contributed by atoms with van der Waals surface area (Å²) in [5, 5.41) is 21.3. The van der Waals surface area contributed by atoms with E-state index in [-0.39, 0.29) is 12.8 Å². The molecule has 0 aromatic heterocycles. The van der Waals surface area contributed by atoms with Gasteiger partial charge in [0.25, 0.3) is 0 Å². The summed E-state index contributed by atoms with van der Waals surface area (Å²) in [5.41, 5.74) is 0.996. The van der Waals surface area contributed by atoms with Crippen molar-refractivity contribution in [1.82, 2.24) is 5.32 Å². The summed E-state index contributed by atoms with van der Waals surface area (Å²) in [4.78, 5) is 25.8. The Morgan fingerprint density at radius 2 is 1.26 bits per heavy atom. The molecule has 0 bridgehead atoms. The van der Waals surface area contributed by atoms with E-state index in [9.17, 15) is 14.7 Å². The number of nitriles is 1. The van der Waals surface area contributed by atoms with E-state index in [2.05, 4.69) is 5.32 Å². The number of nitrogens with zero attached hydrogens (tertiary/aromatic N) is 1. The van der Waals surface area contributed by atoms with Crippen LogP contribution in [-0.2, 0) is 15.0 Å². The minimum Gasteiger partial charge on any atom is -0.480 e. The van der Waals surface area contributed by atoms with Crippen molar-refractivity contribution in [2.75, 3.05) is 0 Å². The van der Waals surface area contributed by atoms with Gasteiger partial charge in [-0.05, 0) is 29.5 Å². The number of nitrogens with one attached hydrogen (secondary N) is 1. The fourth-order valence-electron chi connectivity index (χ4n) is 3.87. The SMILES string of the molecule is N#CCCC[C@H](NC(=O)C(c1ccccc1)(c1ccccc1)c1ccccc1)C(=O)O. The number of amides is 1. The fraction of sp³-hybridized carbons (Fsp3) is 0.192. The Morgan fingerprint density at radius 3 is 1.61 bits per heavy atom. The van der Waals surface area contributed by atoms with Crippen LogP contribution in [0.2, 0.25) is 0 Å². The molecule has 0 heterocycles. The number of carboxylic acids is 1. The minimum absolute atomic E-state index is 0.184. The number of aliphatic carboxylic acids is 1. The van der Waals surface area contributed by atoms with Crippen molar-refractivity contribution in [3.05, 3.63) is 108 Å². The minimum atomic E-state index is -1.23. The van der Waals surface area contributed by atoms with Crippen LogP contribution < -0.4 is 5.32 Å². The number of hydrogen-bond acceptors (Lipinski definition) is 3. The molecule has 1 atom stereocenters. The first-order valence-corrected chi connectivity index (χ1v) is 10.2. The van der Waals surface area contributed by atoms with Crippen LogP contribution in [0.5, 0.6) is 0 Å². The summed E-state index contributed by atoms with van der Waals surface area (Å²) in [6.45, 7) is 0. The predicted molar refractivity (Wildman–Crippen MR) is 118 cm³/mol. The molecule has 0 aliphatic carbocycles. The molecular weight excluding hydrogens is 388 g/mol. The van der Waals surface area contributed by atoms with Crippen molar-refractivity contribution in [3.63, 3.8) is 0 Å². The fourth-order valence-corrected chi connectivity index (χ4v) is 3.87. The zero-order chi connectivity index (χ0) is 22.1. The van der Waals surface area contributed by atoms with Gasteiger partial charge in [-0.1, -0.05) is 91.0 Å². The van der Waals surface area contributed by atoms with Crippen molar-refractivity contribution in [1.29, 1.82) is 5.26 Å². The van der Waals surface area contributed by atoms with Crippen LogP contribution in [-0.4, -0.2) is 23.0 Å². The number of unbranched alkanes of at least 4 members (excludes halogenated alkanes) is 1. The Hall–Kier alpha value is -3.91. The number of hydrogen-bond donors (Lipinski definition) is 2. The molecule has 0 aliphatic rings. The lowest BCUT2D eigenvalue weighted by Gasteiger charge is -2.35. The average Bonchev–Trinajstić information content (AvgIpc) is 2.81. The van der Waals surface area contributed by atoms with E-state index < -0.39 is 23.3 Å². The van der Waals surface area contributed by atoms with Gasteiger partial charge in [0, 0.05) is 6.42 Å². The number of carboxylic acid groups (broad SMARTS) is 1.